The number of hydrogen-bond donors (Lipinski definition) is 1. The molecule has 1 unspecified atom stereocenters. The fourth-order valence-electron chi connectivity index (χ4n) is 8.64. The number of fused-ring (bicyclic) bond motifs is 5. The van der Waals surface area contributed by atoms with Gasteiger partial charge in [-0.1, -0.05) is 69.2 Å². The first-order valence-corrected chi connectivity index (χ1v) is 15.1. The van der Waals surface area contributed by atoms with Gasteiger partial charge in [-0.15, -0.1) is 0 Å². The first-order chi connectivity index (χ1) is 19.5. The van der Waals surface area contributed by atoms with Crippen LogP contribution in [0.15, 0.2) is 54.1 Å². The minimum Gasteiger partial charge on any atom is -0.457 e. The summed E-state index contributed by atoms with van der Waals surface area (Å²) in [5.74, 6) is -1.35. The predicted molar refractivity (Wildman–Crippen MR) is 152 cm³/mol. The largest absolute Gasteiger partial charge is 0.457 e. The third kappa shape index (κ3) is 5.11. The van der Waals surface area contributed by atoms with Gasteiger partial charge in [-0.05, 0) is 68.1 Å². The van der Waals surface area contributed by atoms with Gasteiger partial charge in [-0.3, -0.25) is 19.2 Å². The molecule has 3 saturated carbocycles. The number of rotatable bonds is 9. The van der Waals surface area contributed by atoms with Crippen molar-refractivity contribution in [3.8, 4) is 0 Å². The Morgan fingerprint density at radius 1 is 1.07 bits per heavy atom. The molecule has 7 atom stereocenters. The number of carbonyl (C=O) groups is 4. The number of esters is 2. The highest BCUT2D eigenvalue weighted by Crippen LogP contribution is 2.68. The molecular formula is C34H42O7. The Bertz CT molecular complexity index is 1260. The van der Waals surface area contributed by atoms with Crippen LogP contribution >= 0.6 is 0 Å². The molecule has 5 rings (SSSR count). The van der Waals surface area contributed by atoms with E-state index in [1.54, 1.807) is 12.2 Å². The van der Waals surface area contributed by atoms with Crippen LogP contribution in [0.25, 0.3) is 0 Å². The van der Waals surface area contributed by atoms with Crippen LogP contribution in [0.3, 0.4) is 0 Å². The van der Waals surface area contributed by atoms with Gasteiger partial charge in [-0.2, -0.15) is 0 Å². The van der Waals surface area contributed by atoms with Gasteiger partial charge in [0.2, 0.25) is 5.78 Å². The molecule has 4 aliphatic rings. The van der Waals surface area contributed by atoms with E-state index in [1.807, 2.05) is 50.3 Å². The van der Waals surface area contributed by atoms with Gasteiger partial charge in [0.15, 0.2) is 18.0 Å². The smallest absolute Gasteiger partial charge is 0.310 e. The van der Waals surface area contributed by atoms with E-state index in [0.29, 0.717) is 19.3 Å². The van der Waals surface area contributed by atoms with Crippen molar-refractivity contribution in [3.05, 3.63) is 59.7 Å². The fraction of sp³-hybridized carbons (Fsp3) is 0.588. The normalized spacial score (nSPS) is 35.5. The van der Waals surface area contributed by atoms with E-state index in [4.69, 9.17) is 9.47 Å². The molecule has 220 valence electrons. The number of unbranched alkanes of at least 4 members (excludes halogenated alkanes) is 1. The summed E-state index contributed by atoms with van der Waals surface area (Å²) < 4.78 is 11.7. The summed E-state index contributed by atoms with van der Waals surface area (Å²) in [5, 5.41) is 11.8. The Hall–Kier alpha value is -3.06. The Labute approximate surface area is 242 Å². The topological polar surface area (TPSA) is 107 Å². The highest BCUT2D eigenvalue weighted by Gasteiger charge is 2.70. The lowest BCUT2D eigenvalue weighted by atomic mass is 9.46. The summed E-state index contributed by atoms with van der Waals surface area (Å²) in [4.78, 5) is 52.0. The molecule has 41 heavy (non-hydrogen) atoms. The fourth-order valence-corrected chi connectivity index (χ4v) is 8.64. The lowest BCUT2D eigenvalue weighted by molar-refractivity contribution is -0.201. The SMILES string of the molecule is CCCCC(=O)O[C@]1(C(=O)COC(=O)Cc2ccccc2)CC[C@H]2[C@@H]3CCC4=CC(=O)C=C[C@]4(C)[C@H]3C(O)C[C@@]21C. The number of Topliss-reactive ketones (excluding diaryl/α,β-unsaturated/α-hetero) is 1. The molecule has 7 heteroatoms. The molecule has 0 aliphatic heterocycles. The van der Waals surface area contributed by atoms with E-state index < -0.39 is 46.9 Å². The molecular weight excluding hydrogens is 520 g/mol. The number of hydrogen-bond acceptors (Lipinski definition) is 7. The Morgan fingerprint density at radius 3 is 2.56 bits per heavy atom. The molecule has 0 bridgehead atoms. The third-order valence-electron chi connectivity index (χ3n) is 10.6. The summed E-state index contributed by atoms with van der Waals surface area (Å²) in [6.45, 7) is 5.60. The van der Waals surface area contributed by atoms with Crippen molar-refractivity contribution in [1.29, 1.82) is 0 Å². The second-order valence-corrected chi connectivity index (χ2v) is 12.9. The van der Waals surface area contributed by atoms with Gasteiger partial charge < -0.3 is 14.6 Å². The van der Waals surface area contributed by atoms with Crippen molar-refractivity contribution in [2.45, 2.75) is 90.3 Å². The number of aliphatic hydroxyl groups is 1. The summed E-state index contributed by atoms with van der Waals surface area (Å²) in [7, 11) is 0. The monoisotopic (exact) mass is 562 g/mol. The molecule has 1 aromatic carbocycles. The number of ether oxygens (including phenoxy) is 2. The van der Waals surface area contributed by atoms with Crippen molar-refractivity contribution in [3.63, 3.8) is 0 Å². The zero-order valence-corrected chi connectivity index (χ0v) is 24.4. The van der Waals surface area contributed by atoms with E-state index in [-0.39, 0.29) is 42.8 Å². The zero-order valence-electron chi connectivity index (χ0n) is 24.4. The van der Waals surface area contributed by atoms with E-state index in [1.165, 1.54) is 0 Å². The van der Waals surface area contributed by atoms with Gasteiger partial charge in [0.05, 0.1) is 12.5 Å². The molecule has 0 heterocycles. The summed E-state index contributed by atoms with van der Waals surface area (Å²) in [5.41, 5.74) is -0.873. The molecule has 1 aromatic rings. The Morgan fingerprint density at radius 2 is 1.83 bits per heavy atom. The number of carbonyl (C=O) groups excluding carboxylic acids is 4. The van der Waals surface area contributed by atoms with Crippen LogP contribution in [-0.2, 0) is 35.1 Å². The molecule has 1 N–H and O–H groups in total. The highest BCUT2D eigenvalue weighted by atomic mass is 16.6. The number of benzene rings is 1. The van der Waals surface area contributed by atoms with Crippen LogP contribution in [0.2, 0.25) is 0 Å². The zero-order chi connectivity index (χ0) is 29.4. The average Bonchev–Trinajstić information content (AvgIpc) is 3.23. The van der Waals surface area contributed by atoms with Crippen LogP contribution in [0.1, 0.15) is 77.7 Å². The number of allylic oxidation sites excluding steroid dienone is 4. The molecule has 0 amide bonds. The van der Waals surface area contributed by atoms with Gasteiger partial charge >= 0.3 is 11.9 Å². The summed E-state index contributed by atoms with van der Waals surface area (Å²) >= 11 is 0. The predicted octanol–water partition coefficient (Wildman–Crippen LogP) is 5.09. The minimum atomic E-state index is -1.48. The van der Waals surface area contributed by atoms with Crippen molar-refractivity contribution in [2.75, 3.05) is 6.61 Å². The highest BCUT2D eigenvalue weighted by molar-refractivity contribution is 6.01. The average molecular weight is 563 g/mol. The molecule has 0 radical (unpaired) electrons. The van der Waals surface area contributed by atoms with Crippen LogP contribution in [0, 0.1) is 28.6 Å². The number of aliphatic hydroxyl groups excluding tert-OH is 1. The summed E-state index contributed by atoms with van der Waals surface area (Å²) in [6.07, 6.45) is 9.10. The quantitative estimate of drug-likeness (QED) is 0.418. The first kappa shape index (κ1) is 29.4. The molecule has 0 aromatic heterocycles. The van der Waals surface area contributed by atoms with Gasteiger partial charge in [0.25, 0.3) is 0 Å². The molecule has 7 nitrogen and oxygen atoms in total. The van der Waals surface area contributed by atoms with E-state index in [9.17, 15) is 24.3 Å². The van der Waals surface area contributed by atoms with Crippen LogP contribution in [0.4, 0.5) is 0 Å². The minimum absolute atomic E-state index is 0.0163. The first-order valence-electron chi connectivity index (χ1n) is 15.1. The lowest BCUT2D eigenvalue weighted by Crippen LogP contribution is -2.63. The molecule has 0 spiro atoms. The van der Waals surface area contributed by atoms with Crippen LogP contribution in [-0.4, -0.2) is 46.9 Å². The van der Waals surface area contributed by atoms with Gasteiger partial charge in [-0.25, -0.2) is 0 Å². The maximum Gasteiger partial charge on any atom is 0.310 e. The molecule has 0 saturated heterocycles. The Kier molecular flexibility index (Phi) is 8.12. The lowest BCUT2D eigenvalue weighted by Gasteiger charge is -2.59. The van der Waals surface area contributed by atoms with Crippen molar-refractivity contribution in [2.24, 2.45) is 28.6 Å². The maximum atomic E-state index is 14.1. The number of ketones is 2. The third-order valence-corrected chi connectivity index (χ3v) is 10.6. The second-order valence-electron chi connectivity index (χ2n) is 12.9. The van der Waals surface area contributed by atoms with E-state index in [0.717, 1.165) is 30.4 Å². The standard InChI is InChI=1S/C34H42O7/c1-4-5-11-29(38)41-34(28(37)21-40-30(39)18-22-9-7-6-8-10-22)17-15-26-25-13-12-23-19-24(35)14-16-32(23,2)31(25)27(36)20-33(26,34)3/h6-10,14,16,19,25-27,31,36H,4-5,11-13,15,17-18,20-21H2,1-3H3/t25-,26-,27?,31+,32-,33-,34-/m0/s1. The molecule has 4 aliphatic carbocycles. The van der Waals surface area contributed by atoms with Crippen LogP contribution < -0.4 is 0 Å². The molecule has 3 fully saturated rings. The van der Waals surface area contributed by atoms with E-state index in [2.05, 4.69) is 6.92 Å². The van der Waals surface area contributed by atoms with E-state index >= 15 is 0 Å². The second kappa shape index (κ2) is 11.3. The van der Waals surface area contributed by atoms with Gasteiger partial charge in [0, 0.05) is 23.2 Å². The van der Waals surface area contributed by atoms with Crippen molar-refractivity contribution >= 4 is 23.5 Å². The van der Waals surface area contributed by atoms with Crippen molar-refractivity contribution in [1.82, 2.24) is 0 Å². The maximum absolute atomic E-state index is 14.1. The van der Waals surface area contributed by atoms with Gasteiger partial charge in [0.1, 0.15) is 0 Å². The Balaban J connectivity index is 1.42. The summed E-state index contributed by atoms with van der Waals surface area (Å²) in [6, 6.07) is 9.19. The van der Waals surface area contributed by atoms with Crippen molar-refractivity contribution < 1.29 is 33.8 Å². The van der Waals surface area contributed by atoms with Crippen LogP contribution in [0.5, 0.6) is 0 Å².